The second-order valence-corrected chi connectivity index (χ2v) is 5.56. The van der Waals surface area contributed by atoms with Gasteiger partial charge in [-0.05, 0) is 48.0 Å². The second-order valence-electron chi connectivity index (χ2n) is 4.26. The fraction of sp³-hybridized carbons (Fsp3) is 0.143. The number of benzene rings is 1. The summed E-state index contributed by atoms with van der Waals surface area (Å²) < 4.78 is 14.9. The van der Waals surface area contributed by atoms with Gasteiger partial charge in [0, 0.05) is 13.6 Å². The first kappa shape index (κ1) is 17.0. The van der Waals surface area contributed by atoms with Crippen LogP contribution in [-0.4, -0.2) is 33.8 Å². The summed E-state index contributed by atoms with van der Waals surface area (Å²) in [6.07, 6.45) is 1.65. The van der Waals surface area contributed by atoms with E-state index in [1.54, 1.807) is 18.2 Å². The summed E-state index contributed by atoms with van der Waals surface area (Å²) in [5.41, 5.74) is 0.762. The first-order valence-electron chi connectivity index (χ1n) is 6.57. The van der Waals surface area contributed by atoms with Crippen LogP contribution in [0.3, 0.4) is 0 Å². The van der Waals surface area contributed by atoms with E-state index >= 15 is 0 Å². The van der Waals surface area contributed by atoms with Gasteiger partial charge in [-0.2, -0.15) is 4.07 Å². The van der Waals surface area contributed by atoms with Crippen molar-refractivity contribution in [2.24, 2.45) is 4.99 Å². The van der Waals surface area contributed by atoms with Gasteiger partial charge in [-0.1, -0.05) is 6.08 Å². The molecule has 9 heteroatoms. The number of carbonyl (C=O) groups excluding carboxylic acids is 1. The molecule has 0 radical (unpaired) electrons. The van der Waals surface area contributed by atoms with Crippen LogP contribution in [0.5, 0.6) is 0 Å². The molecule has 0 saturated carbocycles. The van der Waals surface area contributed by atoms with E-state index in [1.807, 2.05) is 0 Å². The summed E-state index contributed by atoms with van der Waals surface area (Å²) in [6, 6.07) is 5.75. The van der Waals surface area contributed by atoms with Gasteiger partial charge in [0.15, 0.2) is 15.5 Å². The Morgan fingerprint density at radius 1 is 1.52 bits per heavy atom. The van der Waals surface area contributed by atoms with Gasteiger partial charge in [-0.3, -0.25) is 4.79 Å². The maximum atomic E-state index is 13.0. The number of halogens is 1. The normalized spacial score (nSPS) is 11.1. The van der Waals surface area contributed by atoms with Gasteiger partial charge in [-0.15, -0.1) is 11.7 Å². The van der Waals surface area contributed by atoms with Crippen LogP contribution in [0.2, 0.25) is 0 Å². The monoisotopic (exact) mass is 351 g/mol. The molecule has 2 N–H and O–H groups in total. The highest BCUT2D eigenvalue weighted by molar-refractivity contribution is 7.80. The molecule has 1 amide bonds. The Morgan fingerprint density at radius 2 is 2.22 bits per heavy atom. The van der Waals surface area contributed by atoms with Crippen molar-refractivity contribution >= 4 is 34.8 Å². The molecule has 1 heterocycles. The fourth-order valence-corrected chi connectivity index (χ4v) is 2.68. The molecular formula is C14H14FN5OS2. The standard InChI is InChI=1S/C14H14FN5OS2/c1-3-8-17-14(22)18-13-11(12(21)16-2)19-20(23-13)10-6-4-9(15)5-7-10/h3-7H,1,8H2,2H3,(H,16,21)(H,17,22)/b18-13-. The van der Waals surface area contributed by atoms with Gasteiger partial charge in [0.1, 0.15) is 5.82 Å². The molecule has 2 aromatic rings. The smallest absolute Gasteiger partial charge is 0.274 e. The second kappa shape index (κ2) is 7.75. The van der Waals surface area contributed by atoms with Crippen LogP contribution in [0, 0.1) is 5.82 Å². The van der Waals surface area contributed by atoms with E-state index in [0.29, 0.717) is 16.9 Å². The lowest BCUT2D eigenvalue weighted by molar-refractivity contribution is 0.0956. The van der Waals surface area contributed by atoms with Crippen molar-refractivity contribution in [3.63, 3.8) is 0 Å². The third kappa shape index (κ3) is 4.30. The maximum Gasteiger partial charge on any atom is 0.274 e. The Hall–Kier alpha value is -2.39. The molecule has 0 aliphatic heterocycles. The van der Waals surface area contributed by atoms with Crippen molar-refractivity contribution < 1.29 is 9.18 Å². The fourth-order valence-electron chi connectivity index (χ4n) is 1.58. The molecule has 2 rings (SSSR count). The quantitative estimate of drug-likeness (QED) is 0.645. The third-order valence-corrected chi connectivity index (χ3v) is 3.82. The molecule has 0 atom stereocenters. The summed E-state index contributed by atoms with van der Waals surface area (Å²) in [5.74, 6) is -0.732. The first-order chi connectivity index (χ1) is 11.0. The van der Waals surface area contributed by atoms with Gasteiger partial charge in [-0.25, -0.2) is 9.38 Å². The van der Waals surface area contributed by atoms with Gasteiger partial charge in [0.05, 0.1) is 5.69 Å². The lowest BCUT2D eigenvalue weighted by atomic mass is 10.3. The van der Waals surface area contributed by atoms with E-state index in [1.165, 1.54) is 23.3 Å². The van der Waals surface area contributed by atoms with Crippen LogP contribution in [0.4, 0.5) is 4.39 Å². The minimum atomic E-state index is -0.382. The number of aromatic nitrogens is 2. The molecular weight excluding hydrogens is 337 g/mol. The van der Waals surface area contributed by atoms with Gasteiger partial charge >= 0.3 is 0 Å². The minimum Gasteiger partial charge on any atom is -0.357 e. The van der Waals surface area contributed by atoms with Crippen LogP contribution in [0.15, 0.2) is 41.9 Å². The molecule has 0 aliphatic rings. The number of rotatable bonds is 4. The number of nitrogens with zero attached hydrogens (tertiary/aromatic N) is 3. The minimum absolute atomic E-state index is 0.143. The molecule has 1 aromatic carbocycles. The molecule has 0 spiro atoms. The number of thiocarbonyl (C=S) groups is 1. The van der Waals surface area contributed by atoms with Crippen LogP contribution < -0.4 is 15.3 Å². The van der Waals surface area contributed by atoms with E-state index in [0.717, 1.165) is 11.5 Å². The number of amides is 1. The van der Waals surface area contributed by atoms with Crippen molar-refractivity contribution in [3.8, 4) is 5.69 Å². The van der Waals surface area contributed by atoms with Crippen molar-refractivity contribution in [1.29, 1.82) is 0 Å². The van der Waals surface area contributed by atoms with Crippen LogP contribution in [0.1, 0.15) is 10.5 Å². The zero-order chi connectivity index (χ0) is 16.8. The highest BCUT2D eigenvalue weighted by Crippen LogP contribution is 2.10. The van der Waals surface area contributed by atoms with Crippen molar-refractivity contribution in [2.45, 2.75) is 0 Å². The van der Waals surface area contributed by atoms with E-state index in [4.69, 9.17) is 12.2 Å². The zero-order valence-electron chi connectivity index (χ0n) is 12.2. The summed E-state index contributed by atoms with van der Waals surface area (Å²) in [7, 11) is 1.50. The van der Waals surface area contributed by atoms with E-state index in [2.05, 4.69) is 27.3 Å². The summed E-state index contributed by atoms with van der Waals surface area (Å²) >= 11 is 6.22. The molecule has 0 bridgehead atoms. The largest absolute Gasteiger partial charge is 0.357 e. The third-order valence-electron chi connectivity index (χ3n) is 2.66. The molecule has 23 heavy (non-hydrogen) atoms. The van der Waals surface area contributed by atoms with Crippen LogP contribution in [0.25, 0.3) is 5.69 Å². The lowest BCUT2D eigenvalue weighted by Gasteiger charge is -1.98. The highest BCUT2D eigenvalue weighted by Gasteiger charge is 2.14. The molecule has 6 nitrogen and oxygen atoms in total. The lowest BCUT2D eigenvalue weighted by Crippen LogP contribution is -2.27. The summed E-state index contributed by atoms with van der Waals surface area (Å²) in [5, 5.41) is 9.80. The van der Waals surface area contributed by atoms with Gasteiger partial charge in [0.2, 0.25) is 0 Å². The maximum absolute atomic E-state index is 13.0. The predicted octanol–water partition coefficient (Wildman–Crippen LogP) is 1.39. The average molecular weight is 351 g/mol. The number of hydrogen-bond donors (Lipinski definition) is 2. The molecule has 0 aliphatic carbocycles. The highest BCUT2D eigenvalue weighted by atomic mass is 32.1. The van der Waals surface area contributed by atoms with Crippen LogP contribution in [-0.2, 0) is 0 Å². The summed E-state index contributed by atoms with van der Waals surface area (Å²) in [4.78, 5) is 16.2. The number of nitrogens with one attached hydrogen (secondary N) is 2. The Balaban J connectivity index is 2.46. The molecule has 120 valence electrons. The molecule has 0 unspecified atom stereocenters. The Labute approximate surface area is 141 Å². The SMILES string of the molecule is C=CCNC(=S)/N=c1\sn(-c2ccc(F)cc2)nc1C(=O)NC. The topological polar surface area (TPSA) is 71.3 Å². The van der Waals surface area contributed by atoms with Crippen molar-refractivity contribution in [3.05, 3.63) is 53.1 Å². The van der Waals surface area contributed by atoms with Gasteiger partial charge < -0.3 is 10.6 Å². The molecule has 0 fully saturated rings. The van der Waals surface area contributed by atoms with E-state index in [-0.39, 0.29) is 22.5 Å². The molecule has 1 aromatic heterocycles. The molecule has 0 saturated heterocycles. The first-order valence-corrected chi connectivity index (χ1v) is 7.75. The van der Waals surface area contributed by atoms with Crippen LogP contribution >= 0.6 is 23.8 Å². The Kier molecular flexibility index (Phi) is 5.72. The van der Waals surface area contributed by atoms with Crippen molar-refractivity contribution in [1.82, 2.24) is 19.8 Å². The Bertz CT molecular complexity index is 794. The summed E-state index contributed by atoms with van der Waals surface area (Å²) in [6.45, 7) is 4.04. The zero-order valence-corrected chi connectivity index (χ0v) is 13.9. The van der Waals surface area contributed by atoms with Gasteiger partial charge in [0.25, 0.3) is 5.91 Å². The number of hydrogen-bond acceptors (Lipinski definition) is 4. The van der Waals surface area contributed by atoms with E-state index in [9.17, 15) is 9.18 Å². The van der Waals surface area contributed by atoms with E-state index < -0.39 is 0 Å². The number of carbonyl (C=O) groups is 1. The Morgan fingerprint density at radius 3 is 2.83 bits per heavy atom. The average Bonchev–Trinajstić information content (AvgIpc) is 2.96. The predicted molar refractivity (Wildman–Crippen MR) is 91.1 cm³/mol. The van der Waals surface area contributed by atoms with Crippen molar-refractivity contribution in [2.75, 3.05) is 13.6 Å².